The maximum atomic E-state index is 11.3. The molecule has 1 aromatic carbocycles. The summed E-state index contributed by atoms with van der Waals surface area (Å²) in [4.78, 5) is 36.9. The van der Waals surface area contributed by atoms with Gasteiger partial charge in [-0.15, -0.1) is 0 Å². The molecule has 8 nitrogen and oxygen atoms in total. The van der Waals surface area contributed by atoms with E-state index in [4.69, 9.17) is 5.73 Å². The molecule has 22 heavy (non-hydrogen) atoms. The lowest BCUT2D eigenvalue weighted by Gasteiger charge is -2.34. The minimum atomic E-state index is -0.690. The molecule has 1 aliphatic heterocycles. The molecular formula is C14H18N4O4. The highest BCUT2D eigenvalue weighted by molar-refractivity contribution is 5.93. The third-order valence-corrected chi connectivity index (χ3v) is 3.78. The zero-order valence-corrected chi connectivity index (χ0v) is 12.3. The topological polar surface area (TPSA) is 110 Å². The molecule has 0 atom stereocenters. The van der Waals surface area contributed by atoms with Crippen LogP contribution in [0, 0.1) is 10.1 Å². The highest BCUT2D eigenvalue weighted by Crippen LogP contribution is 2.22. The van der Waals surface area contributed by atoms with Gasteiger partial charge in [-0.1, -0.05) is 6.07 Å². The molecule has 1 heterocycles. The van der Waals surface area contributed by atoms with Crippen molar-refractivity contribution in [1.29, 1.82) is 0 Å². The second-order valence-corrected chi connectivity index (χ2v) is 5.25. The van der Waals surface area contributed by atoms with Crippen LogP contribution in [-0.2, 0) is 11.3 Å². The second-order valence-electron chi connectivity index (χ2n) is 5.25. The van der Waals surface area contributed by atoms with Crippen LogP contribution >= 0.6 is 0 Å². The Kier molecular flexibility index (Phi) is 4.71. The Labute approximate surface area is 127 Å². The average molecular weight is 306 g/mol. The summed E-state index contributed by atoms with van der Waals surface area (Å²) in [5.74, 6) is -0.652. The molecule has 0 radical (unpaired) electrons. The van der Waals surface area contributed by atoms with Crippen molar-refractivity contribution in [3.05, 3.63) is 39.4 Å². The Hall–Kier alpha value is -2.48. The van der Waals surface area contributed by atoms with E-state index in [9.17, 15) is 19.7 Å². The van der Waals surface area contributed by atoms with Crippen LogP contribution < -0.4 is 5.73 Å². The van der Waals surface area contributed by atoms with E-state index < -0.39 is 10.8 Å². The van der Waals surface area contributed by atoms with E-state index in [1.807, 2.05) is 4.90 Å². The Morgan fingerprint density at radius 2 is 1.91 bits per heavy atom. The number of nitrogens with two attached hydrogens (primary N) is 1. The molecule has 0 spiro atoms. The fourth-order valence-electron chi connectivity index (χ4n) is 2.48. The van der Waals surface area contributed by atoms with Gasteiger partial charge in [-0.05, 0) is 6.07 Å². The number of carbonyl (C=O) groups is 2. The molecule has 0 aromatic heterocycles. The second kappa shape index (κ2) is 6.52. The van der Waals surface area contributed by atoms with Gasteiger partial charge in [-0.25, -0.2) is 0 Å². The molecule has 2 rings (SSSR count). The first-order valence-corrected chi connectivity index (χ1v) is 6.93. The van der Waals surface area contributed by atoms with Gasteiger partial charge in [0.05, 0.1) is 4.92 Å². The fraction of sp³-hybridized carbons (Fsp3) is 0.429. The first kappa shape index (κ1) is 15.9. The molecule has 2 amide bonds. The van der Waals surface area contributed by atoms with Crippen LogP contribution in [0.25, 0.3) is 0 Å². The molecule has 1 aromatic rings. The maximum absolute atomic E-state index is 11.3. The molecule has 1 fully saturated rings. The number of hydrogen-bond acceptors (Lipinski definition) is 5. The Bertz CT molecular complexity index is 609. The number of nitrogens with zero attached hydrogens (tertiary/aromatic N) is 3. The van der Waals surface area contributed by atoms with Crippen molar-refractivity contribution < 1.29 is 14.5 Å². The zero-order chi connectivity index (χ0) is 16.3. The van der Waals surface area contributed by atoms with E-state index in [0.29, 0.717) is 38.3 Å². The van der Waals surface area contributed by atoms with E-state index in [0.717, 1.165) is 0 Å². The van der Waals surface area contributed by atoms with Gasteiger partial charge in [0.25, 0.3) is 5.69 Å². The summed E-state index contributed by atoms with van der Waals surface area (Å²) in [5, 5.41) is 11.2. The molecule has 118 valence electrons. The van der Waals surface area contributed by atoms with Gasteiger partial charge >= 0.3 is 0 Å². The van der Waals surface area contributed by atoms with Crippen molar-refractivity contribution >= 4 is 17.5 Å². The summed E-state index contributed by atoms with van der Waals surface area (Å²) in [6.07, 6.45) is 0. The van der Waals surface area contributed by atoms with Crippen LogP contribution in [0.2, 0.25) is 0 Å². The number of rotatable bonds is 4. The van der Waals surface area contributed by atoms with Crippen molar-refractivity contribution in [1.82, 2.24) is 9.80 Å². The number of nitro benzene ring substituents is 1. The summed E-state index contributed by atoms with van der Waals surface area (Å²) in [7, 11) is 0. The summed E-state index contributed by atoms with van der Waals surface area (Å²) >= 11 is 0. The van der Waals surface area contributed by atoms with Gasteiger partial charge in [0.15, 0.2) is 0 Å². The van der Waals surface area contributed by atoms with Crippen LogP contribution in [0.5, 0.6) is 0 Å². The van der Waals surface area contributed by atoms with E-state index >= 15 is 0 Å². The van der Waals surface area contributed by atoms with E-state index in [1.54, 1.807) is 11.0 Å². The molecule has 0 bridgehead atoms. The predicted molar refractivity (Wildman–Crippen MR) is 79.1 cm³/mol. The Balaban J connectivity index is 2.11. The van der Waals surface area contributed by atoms with Crippen LogP contribution in [0.15, 0.2) is 18.2 Å². The van der Waals surface area contributed by atoms with Crippen molar-refractivity contribution in [3.63, 3.8) is 0 Å². The van der Waals surface area contributed by atoms with Crippen molar-refractivity contribution in [2.24, 2.45) is 5.73 Å². The summed E-state index contributed by atoms with van der Waals surface area (Å²) in [6.45, 7) is 4.48. The molecule has 0 unspecified atom stereocenters. The van der Waals surface area contributed by atoms with Crippen LogP contribution in [0.3, 0.4) is 0 Å². The number of benzene rings is 1. The van der Waals surface area contributed by atoms with Gasteiger partial charge < -0.3 is 10.6 Å². The lowest BCUT2D eigenvalue weighted by Crippen LogP contribution is -2.47. The first-order chi connectivity index (χ1) is 10.4. The number of carbonyl (C=O) groups excluding carboxylic acids is 2. The molecular weight excluding hydrogens is 288 g/mol. The zero-order valence-electron chi connectivity index (χ0n) is 12.3. The number of hydrogen-bond donors (Lipinski definition) is 1. The molecule has 2 N–H and O–H groups in total. The standard InChI is InChI=1S/C14H18N4O4/c1-10(19)17-6-4-16(5-7-17)9-12-3-2-11(14(15)20)8-13(12)18(21)22/h2-3,8H,4-7,9H2,1H3,(H2,15,20). The highest BCUT2D eigenvalue weighted by atomic mass is 16.6. The minimum absolute atomic E-state index is 0.0384. The van der Waals surface area contributed by atoms with E-state index in [1.165, 1.54) is 19.1 Å². The van der Waals surface area contributed by atoms with Gasteiger partial charge in [0.1, 0.15) is 0 Å². The smallest absolute Gasteiger partial charge is 0.274 e. The van der Waals surface area contributed by atoms with Crippen LogP contribution in [0.4, 0.5) is 5.69 Å². The van der Waals surface area contributed by atoms with Crippen molar-refractivity contribution in [3.8, 4) is 0 Å². The number of amides is 2. The lowest BCUT2D eigenvalue weighted by atomic mass is 10.1. The quantitative estimate of drug-likeness (QED) is 0.638. The van der Waals surface area contributed by atoms with Gasteiger partial charge in [0, 0.05) is 56.8 Å². The SMILES string of the molecule is CC(=O)N1CCN(Cc2ccc(C(N)=O)cc2[N+](=O)[O-])CC1. The monoisotopic (exact) mass is 306 g/mol. The highest BCUT2D eigenvalue weighted by Gasteiger charge is 2.22. The summed E-state index contributed by atoms with van der Waals surface area (Å²) in [5.41, 5.74) is 5.70. The Morgan fingerprint density at radius 3 is 2.41 bits per heavy atom. The fourth-order valence-corrected chi connectivity index (χ4v) is 2.48. The largest absolute Gasteiger partial charge is 0.366 e. The maximum Gasteiger partial charge on any atom is 0.274 e. The summed E-state index contributed by atoms with van der Waals surface area (Å²) < 4.78 is 0. The average Bonchev–Trinajstić information content (AvgIpc) is 2.47. The number of piperazine rings is 1. The third kappa shape index (κ3) is 3.59. The molecule has 1 saturated heterocycles. The Morgan fingerprint density at radius 1 is 1.27 bits per heavy atom. The summed E-state index contributed by atoms with van der Waals surface area (Å²) in [6, 6.07) is 4.27. The van der Waals surface area contributed by atoms with Gasteiger partial charge in [-0.2, -0.15) is 0 Å². The minimum Gasteiger partial charge on any atom is -0.366 e. The molecule has 8 heteroatoms. The predicted octanol–water partition coefficient (Wildman–Crippen LogP) is 0.358. The van der Waals surface area contributed by atoms with Gasteiger partial charge in [-0.3, -0.25) is 24.6 Å². The van der Waals surface area contributed by atoms with Gasteiger partial charge in [0.2, 0.25) is 11.8 Å². The van der Waals surface area contributed by atoms with Crippen LogP contribution in [-0.4, -0.2) is 52.7 Å². The normalized spacial score (nSPS) is 15.6. The molecule has 1 aliphatic rings. The van der Waals surface area contributed by atoms with Crippen molar-refractivity contribution in [2.75, 3.05) is 26.2 Å². The molecule has 0 saturated carbocycles. The van der Waals surface area contributed by atoms with E-state index in [-0.39, 0.29) is 17.2 Å². The third-order valence-electron chi connectivity index (χ3n) is 3.78. The number of nitro groups is 1. The lowest BCUT2D eigenvalue weighted by molar-refractivity contribution is -0.385. The molecule has 0 aliphatic carbocycles. The van der Waals surface area contributed by atoms with E-state index in [2.05, 4.69) is 0 Å². The first-order valence-electron chi connectivity index (χ1n) is 6.93. The van der Waals surface area contributed by atoms with Crippen LogP contribution in [0.1, 0.15) is 22.8 Å². The number of primary amides is 1. The van der Waals surface area contributed by atoms with Crippen molar-refractivity contribution in [2.45, 2.75) is 13.5 Å².